The summed E-state index contributed by atoms with van der Waals surface area (Å²) < 4.78 is 5.54. The molecule has 3 rings (SSSR count). The quantitative estimate of drug-likeness (QED) is 0.909. The maximum absolute atomic E-state index is 12.2. The molecule has 2 aromatic rings. The van der Waals surface area contributed by atoms with E-state index >= 15 is 0 Å². The Labute approximate surface area is 130 Å². The highest BCUT2D eigenvalue weighted by Gasteiger charge is 2.35. The van der Waals surface area contributed by atoms with E-state index in [1.165, 1.54) is 11.1 Å². The van der Waals surface area contributed by atoms with Gasteiger partial charge in [0.05, 0.1) is 11.8 Å². The minimum atomic E-state index is -0.0896. The lowest BCUT2D eigenvalue weighted by molar-refractivity contribution is 0.0485. The Hall–Kier alpha value is -2.14. The van der Waals surface area contributed by atoms with Crippen LogP contribution in [-0.2, 0) is 10.2 Å². The van der Waals surface area contributed by atoms with E-state index in [1.807, 2.05) is 0 Å². The standard InChI is InChI=1S/C17H21N3O2/c1-13-4-2-3-5-15(13)17(6-8-22-9-7-17)12-18-16(21)14-10-19-20-11-14/h2-5,10-11H,6-9,12H2,1H3,(H,18,21)(H,19,20). The number of hydrogen-bond donors (Lipinski definition) is 2. The van der Waals surface area contributed by atoms with Crippen LogP contribution in [0, 0.1) is 6.92 Å². The minimum Gasteiger partial charge on any atom is -0.381 e. The number of aryl methyl sites for hydroxylation is 1. The molecule has 1 aromatic carbocycles. The lowest BCUT2D eigenvalue weighted by Crippen LogP contribution is -2.45. The van der Waals surface area contributed by atoms with E-state index in [1.54, 1.807) is 12.4 Å². The van der Waals surface area contributed by atoms with Gasteiger partial charge in [-0.25, -0.2) is 0 Å². The fraction of sp³-hybridized carbons (Fsp3) is 0.412. The number of nitrogens with one attached hydrogen (secondary N) is 2. The Morgan fingerprint density at radius 2 is 2.14 bits per heavy atom. The highest BCUT2D eigenvalue weighted by molar-refractivity contribution is 5.93. The lowest BCUT2D eigenvalue weighted by atomic mass is 9.72. The summed E-state index contributed by atoms with van der Waals surface area (Å²) >= 11 is 0. The Kier molecular flexibility index (Phi) is 4.24. The van der Waals surface area contributed by atoms with Crippen molar-refractivity contribution >= 4 is 5.91 Å². The largest absolute Gasteiger partial charge is 0.381 e. The molecule has 0 aliphatic carbocycles. The van der Waals surface area contributed by atoms with Crippen LogP contribution in [0.4, 0.5) is 0 Å². The molecule has 0 bridgehead atoms. The van der Waals surface area contributed by atoms with Gasteiger partial charge in [0.15, 0.2) is 0 Å². The number of rotatable bonds is 4. The fourth-order valence-electron chi connectivity index (χ4n) is 3.20. The number of aromatic nitrogens is 2. The predicted molar refractivity (Wildman–Crippen MR) is 83.8 cm³/mol. The highest BCUT2D eigenvalue weighted by Crippen LogP contribution is 2.36. The summed E-state index contributed by atoms with van der Waals surface area (Å²) in [6.45, 7) is 4.21. The first kappa shape index (κ1) is 14.8. The maximum Gasteiger partial charge on any atom is 0.254 e. The van der Waals surface area contributed by atoms with Crippen molar-refractivity contribution in [1.82, 2.24) is 15.5 Å². The topological polar surface area (TPSA) is 67.0 Å². The predicted octanol–water partition coefficient (Wildman–Crippen LogP) is 2.20. The van der Waals surface area contributed by atoms with Crippen LogP contribution < -0.4 is 5.32 Å². The number of aromatic amines is 1. The van der Waals surface area contributed by atoms with Gasteiger partial charge in [-0.3, -0.25) is 9.89 Å². The molecule has 1 aromatic heterocycles. The molecule has 5 nitrogen and oxygen atoms in total. The molecule has 1 saturated heterocycles. The number of nitrogens with zero attached hydrogens (tertiary/aromatic N) is 1. The number of amides is 1. The zero-order chi connectivity index (χ0) is 15.4. The average Bonchev–Trinajstić information content (AvgIpc) is 3.08. The molecule has 2 heterocycles. The van der Waals surface area contributed by atoms with Crippen molar-refractivity contribution in [3.8, 4) is 0 Å². The number of carbonyl (C=O) groups excluding carboxylic acids is 1. The van der Waals surface area contributed by atoms with Crippen molar-refractivity contribution in [1.29, 1.82) is 0 Å². The van der Waals surface area contributed by atoms with Crippen molar-refractivity contribution in [2.24, 2.45) is 0 Å². The monoisotopic (exact) mass is 299 g/mol. The van der Waals surface area contributed by atoms with E-state index < -0.39 is 0 Å². The summed E-state index contributed by atoms with van der Waals surface area (Å²) in [5, 5.41) is 9.56. The third-order valence-corrected chi connectivity index (χ3v) is 4.51. The van der Waals surface area contributed by atoms with Gasteiger partial charge < -0.3 is 10.1 Å². The maximum atomic E-state index is 12.2. The SMILES string of the molecule is Cc1ccccc1C1(CNC(=O)c2cn[nH]c2)CCOCC1. The van der Waals surface area contributed by atoms with Gasteiger partial charge in [0.25, 0.3) is 5.91 Å². The van der Waals surface area contributed by atoms with Crippen LogP contribution in [0.3, 0.4) is 0 Å². The molecule has 1 fully saturated rings. The zero-order valence-electron chi connectivity index (χ0n) is 12.8. The van der Waals surface area contributed by atoms with E-state index in [2.05, 4.69) is 46.7 Å². The lowest BCUT2D eigenvalue weighted by Gasteiger charge is -2.39. The second-order valence-electron chi connectivity index (χ2n) is 5.88. The molecule has 0 atom stereocenters. The summed E-state index contributed by atoms with van der Waals surface area (Å²) in [6, 6.07) is 8.42. The summed E-state index contributed by atoms with van der Waals surface area (Å²) in [6.07, 6.45) is 4.99. The molecule has 1 aliphatic heterocycles. The Morgan fingerprint density at radius 1 is 1.36 bits per heavy atom. The normalized spacial score (nSPS) is 17.1. The van der Waals surface area contributed by atoms with E-state index in [9.17, 15) is 4.79 Å². The number of hydrogen-bond acceptors (Lipinski definition) is 3. The summed E-state index contributed by atoms with van der Waals surface area (Å²) in [5.41, 5.74) is 3.09. The smallest absolute Gasteiger partial charge is 0.254 e. The fourth-order valence-corrected chi connectivity index (χ4v) is 3.20. The number of carbonyl (C=O) groups is 1. The molecular formula is C17H21N3O2. The van der Waals surface area contributed by atoms with Crippen LogP contribution in [0.15, 0.2) is 36.7 Å². The number of benzene rings is 1. The number of ether oxygens (including phenoxy) is 1. The van der Waals surface area contributed by atoms with Crippen LogP contribution in [0.25, 0.3) is 0 Å². The first-order chi connectivity index (χ1) is 10.7. The molecule has 0 spiro atoms. The molecule has 1 amide bonds. The van der Waals surface area contributed by atoms with Gasteiger partial charge in [0.1, 0.15) is 0 Å². The van der Waals surface area contributed by atoms with Gasteiger partial charge in [-0.1, -0.05) is 24.3 Å². The minimum absolute atomic E-state index is 0.0526. The van der Waals surface area contributed by atoms with Gasteiger partial charge in [-0.05, 0) is 30.9 Å². The van der Waals surface area contributed by atoms with Crippen LogP contribution >= 0.6 is 0 Å². The van der Waals surface area contributed by atoms with Crippen molar-refractivity contribution in [3.05, 3.63) is 53.3 Å². The molecule has 0 saturated carbocycles. The molecule has 22 heavy (non-hydrogen) atoms. The first-order valence-corrected chi connectivity index (χ1v) is 7.62. The van der Waals surface area contributed by atoms with Gasteiger partial charge in [0, 0.05) is 31.4 Å². The van der Waals surface area contributed by atoms with Crippen LogP contribution in [0.2, 0.25) is 0 Å². The van der Waals surface area contributed by atoms with E-state index in [4.69, 9.17) is 4.74 Å². The summed E-state index contributed by atoms with van der Waals surface area (Å²) in [7, 11) is 0. The van der Waals surface area contributed by atoms with Gasteiger partial charge in [-0.2, -0.15) is 5.10 Å². The molecule has 5 heteroatoms. The average molecular weight is 299 g/mol. The van der Waals surface area contributed by atoms with E-state index in [-0.39, 0.29) is 11.3 Å². The first-order valence-electron chi connectivity index (χ1n) is 7.62. The molecule has 0 unspecified atom stereocenters. The van der Waals surface area contributed by atoms with Crippen molar-refractivity contribution < 1.29 is 9.53 Å². The van der Waals surface area contributed by atoms with Crippen molar-refractivity contribution in [2.45, 2.75) is 25.2 Å². The van der Waals surface area contributed by atoms with E-state index in [0.717, 1.165) is 26.1 Å². The molecule has 116 valence electrons. The van der Waals surface area contributed by atoms with Crippen LogP contribution in [0.5, 0.6) is 0 Å². The third kappa shape index (κ3) is 2.90. The van der Waals surface area contributed by atoms with Crippen molar-refractivity contribution in [3.63, 3.8) is 0 Å². The van der Waals surface area contributed by atoms with Crippen LogP contribution in [0.1, 0.15) is 34.3 Å². The summed E-state index contributed by atoms with van der Waals surface area (Å²) in [4.78, 5) is 12.2. The highest BCUT2D eigenvalue weighted by atomic mass is 16.5. The molecule has 0 radical (unpaired) electrons. The van der Waals surface area contributed by atoms with Gasteiger partial charge in [0.2, 0.25) is 0 Å². The van der Waals surface area contributed by atoms with E-state index in [0.29, 0.717) is 12.1 Å². The van der Waals surface area contributed by atoms with Crippen LogP contribution in [-0.4, -0.2) is 35.9 Å². The Bertz CT molecular complexity index is 631. The van der Waals surface area contributed by atoms with Gasteiger partial charge >= 0.3 is 0 Å². The third-order valence-electron chi connectivity index (χ3n) is 4.51. The second-order valence-corrected chi connectivity index (χ2v) is 5.88. The Morgan fingerprint density at radius 3 is 2.82 bits per heavy atom. The number of H-pyrrole nitrogens is 1. The molecule has 1 aliphatic rings. The summed E-state index contributed by atoms with van der Waals surface area (Å²) in [5.74, 6) is -0.0896. The molecular weight excluding hydrogens is 278 g/mol. The second kappa shape index (κ2) is 6.32. The zero-order valence-corrected chi connectivity index (χ0v) is 12.8. The Balaban J connectivity index is 1.81. The van der Waals surface area contributed by atoms with Gasteiger partial charge in [-0.15, -0.1) is 0 Å². The van der Waals surface area contributed by atoms with Crippen molar-refractivity contribution in [2.75, 3.05) is 19.8 Å². The molecule has 2 N–H and O–H groups in total.